The Hall–Kier alpha value is -0.990. The third-order valence-corrected chi connectivity index (χ3v) is 3.84. The van der Waals surface area contributed by atoms with Gasteiger partial charge in [0.2, 0.25) is 5.28 Å². The molecule has 0 aliphatic heterocycles. The fraction of sp³-hybridized carbons (Fsp3) is 0.500. The number of aliphatic hydroxyl groups is 2. The zero-order valence-corrected chi connectivity index (χ0v) is 11.1. The van der Waals surface area contributed by atoms with Crippen molar-refractivity contribution in [2.24, 2.45) is 5.73 Å². The highest BCUT2D eigenvalue weighted by atomic mass is 35.5. The quantitative estimate of drug-likeness (QED) is 0.510. The molecule has 4 atom stereocenters. The van der Waals surface area contributed by atoms with Gasteiger partial charge in [-0.15, -0.1) is 0 Å². The van der Waals surface area contributed by atoms with Gasteiger partial charge in [-0.3, -0.25) is 0 Å². The lowest BCUT2D eigenvalue weighted by atomic mass is 10.2. The number of aromatic nitrogens is 4. The van der Waals surface area contributed by atoms with E-state index < -0.39 is 24.3 Å². The fourth-order valence-electron chi connectivity index (χ4n) is 2.42. The van der Waals surface area contributed by atoms with Gasteiger partial charge in [0.15, 0.2) is 10.8 Å². The summed E-state index contributed by atoms with van der Waals surface area (Å²) in [5, 5.41) is 19.9. The monoisotopic (exact) mass is 303 g/mol. The zero-order chi connectivity index (χ0) is 13.7. The van der Waals surface area contributed by atoms with E-state index in [2.05, 4.69) is 15.0 Å². The van der Waals surface area contributed by atoms with Gasteiger partial charge in [-0.1, -0.05) is 11.6 Å². The first-order chi connectivity index (χ1) is 8.99. The molecule has 1 aliphatic rings. The topological polar surface area (TPSA) is 110 Å². The first-order valence-electron chi connectivity index (χ1n) is 5.66. The number of imidazole rings is 1. The summed E-state index contributed by atoms with van der Waals surface area (Å²) in [4.78, 5) is 12.0. The van der Waals surface area contributed by atoms with Crippen LogP contribution >= 0.6 is 23.2 Å². The Bertz CT molecular complexity index is 634. The molecule has 7 nitrogen and oxygen atoms in total. The summed E-state index contributed by atoms with van der Waals surface area (Å²) in [6, 6.07) is -0.915. The van der Waals surface area contributed by atoms with E-state index in [0.29, 0.717) is 17.6 Å². The van der Waals surface area contributed by atoms with Gasteiger partial charge in [-0.05, 0) is 18.0 Å². The summed E-state index contributed by atoms with van der Waals surface area (Å²) in [5.74, 6) is 0. The van der Waals surface area contributed by atoms with E-state index >= 15 is 0 Å². The van der Waals surface area contributed by atoms with Crippen LogP contribution in [0.25, 0.3) is 11.2 Å². The Morgan fingerprint density at radius 1 is 1.26 bits per heavy atom. The molecule has 102 valence electrons. The van der Waals surface area contributed by atoms with Gasteiger partial charge >= 0.3 is 0 Å². The lowest BCUT2D eigenvalue weighted by Crippen LogP contribution is -2.35. The predicted molar refractivity (Wildman–Crippen MR) is 69.0 cm³/mol. The average molecular weight is 304 g/mol. The summed E-state index contributed by atoms with van der Waals surface area (Å²) in [6.07, 6.45) is -0.0668. The number of nitrogens with two attached hydrogens (primary N) is 1. The Labute approximate surface area is 118 Å². The SMILES string of the molecule is NC1CC(n2cnc3c(Cl)nc(Cl)nc32)C(O)C1O. The van der Waals surface area contributed by atoms with Crippen LogP contribution in [0.15, 0.2) is 6.33 Å². The molecule has 0 aromatic carbocycles. The van der Waals surface area contributed by atoms with E-state index in [0.717, 1.165) is 0 Å². The third-order valence-electron chi connectivity index (χ3n) is 3.41. The molecule has 9 heteroatoms. The van der Waals surface area contributed by atoms with Crippen molar-refractivity contribution in [3.63, 3.8) is 0 Å². The molecule has 3 rings (SSSR count). The van der Waals surface area contributed by atoms with Crippen LogP contribution in [0.5, 0.6) is 0 Å². The number of fused-ring (bicyclic) bond motifs is 1. The number of hydrogen-bond donors (Lipinski definition) is 3. The molecule has 19 heavy (non-hydrogen) atoms. The van der Waals surface area contributed by atoms with Crippen molar-refractivity contribution in [1.82, 2.24) is 19.5 Å². The second-order valence-electron chi connectivity index (χ2n) is 4.56. The molecular weight excluding hydrogens is 293 g/mol. The van der Waals surface area contributed by atoms with Crippen molar-refractivity contribution in [2.75, 3.05) is 0 Å². The molecule has 2 heterocycles. The standard InChI is InChI=1S/C10H11Cl2N5O2/c11-8-5-9(16-10(12)15-8)17(2-14-5)4-1-3(13)6(18)7(4)19/h2-4,6-7,18-19H,1,13H2. The molecule has 0 saturated heterocycles. The molecule has 4 N–H and O–H groups in total. The smallest absolute Gasteiger partial charge is 0.225 e. The molecule has 0 spiro atoms. The van der Waals surface area contributed by atoms with E-state index in [1.807, 2.05) is 0 Å². The summed E-state index contributed by atoms with van der Waals surface area (Å²) in [5.41, 5.74) is 6.55. The van der Waals surface area contributed by atoms with Crippen LogP contribution in [0.4, 0.5) is 0 Å². The maximum atomic E-state index is 10.0. The molecule has 0 radical (unpaired) electrons. The average Bonchev–Trinajstić information content (AvgIpc) is 2.86. The predicted octanol–water partition coefficient (Wildman–Crippen LogP) is 0.127. The van der Waals surface area contributed by atoms with Gasteiger partial charge in [-0.2, -0.15) is 4.98 Å². The van der Waals surface area contributed by atoms with Crippen molar-refractivity contribution >= 4 is 34.4 Å². The Kier molecular flexibility index (Phi) is 3.11. The first kappa shape index (κ1) is 13.0. The number of aliphatic hydroxyl groups excluding tert-OH is 2. The largest absolute Gasteiger partial charge is 0.389 e. The van der Waals surface area contributed by atoms with Gasteiger partial charge in [0.05, 0.1) is 18.5 Å². The molecule has 1 saturated carbocycles. The van der Waals surface area contributed by atoms with Crippen LogP contribution in [-0.4, -0.2) is 48.0 Å². The second kappa shape index (κ2) is 4.53. The minimum atomic E-state index is -0.986. The van der Waals surface area contributed by atoms with Crippen LogP contribution in [0.1, 0.15) is 12.5 Å². The van der Waals surface area contributed by atoms with Gasteiger partial charge in [0.25, 0.3) is 0 Å². The summed E-state index contributed by atoms with van der Waals surface area (Å²) >= 11 is 11.7. The lowest BCUT2D eigenvalue weighted by Gasteiger charge is -2.17. The zero-order valence-electron chi connectivity index (χ0n) is 9.61. The molecule has 0 bridgehead atoms. The van der Waals surface area contributed by atoms with Crippen molar-refractivity contribution in [3.05, 3.63) is 16.8 Å². The van der Waals surface area contributed by atoms with Crippen LogP contribution < -0.4 is 5.73 Å². The summed E-state index contributed by atoms with van der Waals surface area (Å²) in [7, 11) is 0. The molecule has 0 amide bonds. The molecule has 1 fully saturated rings. The number of nitrogens with zero attached hydrogens (tertiary/aromatic N) is 4. The van der Waals surface area contributed by atoms with Crippen LogP contribution in [0.2, 0.25) is 10.4 Å². The Balaban J connectivity index is 2.11. The molecule has 1 aliphatic carbocycles. The molecule has 2 aromatic heterocycles. The minimum absolute atomic E-state index is 0.00316. The molecular formula is C10H11Cl2N5O2. The van der Waals surface area contributed by atoms with Crippen LogP contribution in [0, 0.1) is 0 Å². The van der Waals surface area contributed by atoms with Gasteiger partial charge < -0.3 is 20.5 Å². The van der Waals surface area contributed by atoms with Crippen LogP contribution in [-0.2, 0) is 0 Å². The van der Waals surface area contributed by atoms with E-state index in [-0.39, 0.29) is 10.4 Å². The molecule has 2 aromatic rings. The summed E-state index contributed by atoms with van der Waals surface area (Å²) < 4.78 is 1.62. The fourth-order valence-corrected chi connectivity index (χ4v) is 2.84. The van der Waals surface area contributed by atoms with E-state index in [9.17, 15) is 10.2 Å². The van der Waals surface area contributed by atoms with Crippen molar-refractivity contribution in [1.29, 1.82) is 0 Å². The third kappa shape index (κ3) is 1.98. The van der Waals surface area contributed by atoms with Crippen molar-refractivity contribution in [2.45, 2.75) is 30.7 Å². The van der Waals surface area contributed by atoms with Gasteiger partial charge in [0.1, 0.15) is 11.6 Å². The lowest BCUT2D eigenvalue weighted by molar-refractivity contribution is 0.0187. The van der Waals surface area contributed by atoms with Gasteiger partial charge in [0, 0.05) is 6.04 Å². The maximum absolute atomic E-state index is 10.0. The number of hydrogen-bond acceptors (Lipinski definition) is 6. The van der Waals surface area contributed by atoms with Crippen molar-refractivity contribution in [3.8, 4) is 0 Å². The van der Waals surface area contributed by atoms with E-state index in [4.69, 9.17) is 28.9 Å². The maximum Gasteiger partial charge on any atom is 0.225 e. The first-order valence-corrected chi connectivity index (χ1v) is 6.42. The van der Waals surface area contributed by atoms with E-state index in [1.165, 1.54) is 6.33 Å². The van der Waals surface area contributed by atoms with Crippen LogP contribution in [0.3, 0.4) is 0 Å². The van der Waals surface area contributed by atoms with Gasteiger partial charge in [-0.25, -0.2) is 9.97 Å². The highest BCUT2D eigenvalue weighted by Crippen LogP contribution is 2.33. The highest BCUT2D eigenvalue weighted by Gasteiger charge is 2.41. The van der Waals surface area contributed by atoms with Crippen molar-refractivity contribution < 1.29 is 10.2 Å². The Morgan fingerprint density at radius 3 is 2.63 bits per heavy atom. The molecule has 4 unspecified atom stereocenters. The minimum Gasteiger partial charge on any atom is -0.389 e. The van der Waals surface area contributed by atoms with E-state index in [1.54, 1.807) is 4.57 Å². The highest BCUT2D eigenvalue weighted by molar-refractivity contribution is 6.35. The summed E-state index contributed by atoms with van der Waals surface area (Å²) in [6.45, 7) is 0. The second-order valence-corrected chi connectivity index (χ2v) is 5.25. The normalized spacial score (nSPS) is 31.2. The number of halogens is 2. The number of rotatable bonds is 1. The Morgan fingerprint density at radius 2 is 2.00 bits per heavy atom.